The van der Waals surface area contributed by atoms with Crippen molar-refractivity contribution in [1.29, 1.82) is 0 Å². The van der Waals surface area contributed by atoms with Gasteiger partial charge in [0.15, 0.2) is 0 Å². The van der Waals surface area contributed by atoms with E-state index < -0.39 is 32.6 Å². The molecule has 0 aromatic heterocycles. The van der Waals surface area contributed by atoms with E-state index in [1.165, 1.54) is 4.90 Å². The molecule has 0 bridgehead atoms. The second-order valence-corrected chi connectivity index (χ2v) is 7.91. The molecule has 3 rings (SSSR count). The quantitative estimate of drug-likeness (QED) is 0.779. The molecule has 0 aliphatic carbocycles. The lowest BCUT2D eigenvalue weighted by Gasteiger charge is -2.28. The highest BCUT2D eigenvalue weighted by atomic mass is 32.2. The molecule has 5 nitrogen and oxygen atoms in total. The molecule has 2 aromatic carbocycles. The Balaban J connectivity index is 1.86. The fourth-order valence-electron chi connectivity index (χ4n) is 3.01. The Morgan fingerprint density at radius 2 is 1.77 bits per heavy atom. The first-order valence-corrected chi connectivity index (χ1v) is 9.88. The summed E-state index contributed by atoms with van der Waals surface area (Å²) in [6.45, 7) is 3.30. The molecule has 1 fully saturated rings. The third-order valence-corrected chi connectivity index (χ3v) is 5.88. The maximum Gasteiger partial charge on any atom is 0.244 e. The molecule has 2 aromatic rings. The number of hydrogen-bond donors (Lipinski definition) is 2. The van der Waals surface area contributed by atoms with Crippen LogP contribution in [0.4, 0.5) is 8.78 Å². The van der Waals surface area contributed by atoms with Crippen molar-refractivity contribution < 1.29 is 26.8 Å². The van der Waals surface area contributed by atoms with Gasteiger partial charge in [0.05, 0.1) is 25.8 Å². The summed E-state index contributed by atoms with van der Waals surface area (Å²) >= 11 is 0. The second kappa shape index (κ2) is 8.22. The number of nitrogens with one attached hydrogen (secondary N) is 2. The van der Waals surface area contributed by atoms with Crippen molar-refractivity contribution in [3.8, 4) is 0 Å². The van der Waals surface area contributed by atoms with Crippen molar-refractivity contribution in [3.63, 3.8) is 0 Å². The number of sulfonamides is 1. The summed E-state index contributed by atoms with van der Waals surface area (Å²) < 4.78 is 60.4. The average Bonchev–Trinajstić information content (AvgIpc) is 2.62. The number of rotatable bonds is 6. The molecule has 26 heavy (non-hydrogen) atoms. The van der Waals surface area contributed by atoms with Gasteiger partial charge in [0.25, 0.3) is 0 Å². The van der Waals surface area contributed by atoms with Crippen molar-refractivity contribution >= 4 is 10.0 Å². The fourth-order valence-corrected chi connectivity index (χ4v) is 4.29. The zero-order valence-corrected chi connectivity index (χ0v) is 14.9. The highest BCUT2D eigenvalue weighted by molar-refractivity contribution is 7.89. The van der Waals surface area contributed by atoms with Crippen molar-refractivity contribution in [2.45, 2.75) is 10.9 Å². The minimum Gasteiger partial charge on any atom is -0.370 e. The molecule has 0 amide bonds. The van der Waals surface area contributed by atoms with E-state index in [-0.39, 0.29) is 0 Å². The van der Waals surface area contributed by atoms with E-state index in [1.54, 1.807) is 0 Å². The van der Waals surface area contributed by atoms with Crippen LogP contribution in [-0.4, -0.2) is 41.3 Å². The van der Waals surface area contributed by atoms with Gasteiger partial charge in [-0.15, -0.1) is 0 Å². The Morgan fingerprint density at radius 1 is 1.08 bits per heavy atom. The first-order valence-electron chi connectivity index (χ1n) is 8.39. The van der Waals surface area contributed by atoms with Crippen LogP contribution in [0, 0.1) is 11.6 Å². The number of morpholine rings is 1. The van der Waals surface area contributed by atoms with Crippen molar-refractivity contribution in [3.05, 3.63) is 65.7 Å². The largest absolute Gasteiger partial charge is 0.370 e. The predicted molar refractivity (Wildman–Crippen MR) is 92.2 cm³/mol. The second-order valence-electron chi connectivity index (χ2n) is 6.23. The van der Waals surface area contributed by atoms with Crippen LogP contribution in [0.1, 0.15) is 11.6 Å². The van der Waals surface area contributed by atoms with Crippen molar-refractivity contribution in [1.82, 2.24) is 4.72 Å². The van der Waals surface area contributed by atoms with Gasteiger partial charge in [-0.05, 0) is 17.7 Å². The zero-order chi connectivity index (χ0) is 18.6. The summed E-state index contributed by atoms with van der Waals surface area (Å²) in [5.41, 5.74) is 0.789. The fraction of sp³-hybridized carbons (Fsp3) is 0.333. The SMILES string of the molecule is O=S(=O)(N[C@@H](C[NH+]1CCOCC1)c1ccccc1)c1ccc(F)cc1F. The summed E-state index contributed by atoms with van der Waals surface area (Å²) in [5, 5.41) is 0. The van der Waals surface area contributed by atoms with E-state index in [4.69, 9.17) is 4.74 Å². The molecule has 1 aliphatic rings. The summed E-state index contributed by atoms with van der Waals surface area (Å²) in [7, 11) is -4.14. The lowest BCUT2D eigenvalue weighted by Crippen LogP contribution is -3.14. The number of quaternary nitrogens is 1. The third-order valence-electron chi connectivity index (χ3n) is 4.38. The zero-order valence-electron chi connectivity index (χ0n) is 14.1. The van der Waals surface area contributed by atoms with Crippen LogP contribution in [0.25, 0.3) is 0 Å². The normalized spacial score (nSPS) is 17.2. The van der Waals surface area contributed by atoms with Gasteiger partial charge in [-0.3, -0.25) is 0 Å². The molecule has 1 aliphatic heterocycles. The molecule has 140 valence electrons. The molecule has 0 spiro atoms. The van der Waals surface area contributed by atoms with E-state index >= 15 is 0 Å². The topological polar surface area (TPSA) is 59.8 Å². The predicted octanol–water partition coefficient (Wildman–Crippen LogP) is 0.900. The highest BCUT2D eigenvalue weighted by Gasteiger charge is 2.28. The Kier molecular flexibility index (Phi) is 5.98. The highest BCUT2D eigenvalue weighted by Crippen LogP contribution is 2.19. The van der Waals surface area contributed by atoms with Crippen LogP contribution in [0.5, 0.6) is 0 Å². The van der Waals surface area contributed by atoms with Crippen LogP contribution >= 0.6 is 0 Å². The molecular weight excluding hydrogens is 362 g/mol. The molecule has 0 unspecified atom stereocenters. The molecule has 1 heterocycles. The molecule has 2 N–H and O–H groups in total. The van der Waals surface area contributed by atoms with Crippen LogP contribution in [-0.2, 0) is 14.8 Å². The maximum absolute atomic E-state index is 14.0. The van der Waals surface area contributed by atoms with Gasteiger partial charge < -0.3 is 9.64 Å². The van der Waals surface area contributed by atoms with Gasteiger partial charge in [-0.25, -0.2) is 17.2 Å². The minimum absolute atomic E-state index is 0.509. The van der Waals surface area contributed by atoms with Gasteiger partial charge in [0, 0.05) is 6.07 Å². The Hall–Kier alpha value is -1.87. The Bertz CT molecular complexity index is 841. The number of benzene rings is 2. The van der Waals surface area contributed by atoms with Gasteiger partial charge in [0.2, 0.25) is 10.0 Å². The average molecular weight is 383 g/mol. The van der Waals surface area contributed by atoms with Gasteiger partial charge in [0.1, 0.15) is 29.6 Å². The van der Waals surface area contributed by atoms with Crippen LogP contribution in [0.15, 0.2) is 53.4 Å². The summed E-state index contributed by atoms with van der Waals surface area (Å²) in [4.78, 5) is 0.643. The first-order chi connectivity index (χ1) is 12.5. The Labute approximate surface area is 151 Å². The van der Waals surface area contributed by atoms with Crippen LogP contribution in [0.2, 0.25) is 0 Å². The van der Waals surface area contributed by atoms with E-state index in [0.717, 1.165) is 30.8 Å². The minimum atomic E-state index is -4.14. The van der Waals surface area contributed by atoms with Gasteiger partial charge in [-0.1, -0.05) is 30.3 Å². The number of ether oxygens (including phenoxy) is 1. The van der Waals surface area contributed by atoms with E-state index in [2.05, 4.69) is 4.72 Å². The van der Waals surface area contributed by atoms with E-state index in [1.807, 2.05) is 30.3 Å². The van der Waals surface area contributed by atoms with Crippen molar-refractivity contribution in [2.24, 2.45) is 0 Å². The lowest BCUT2D eigenvalue weighted by atomic mass is 10.1. The molecule has 0 saturated carbocycles. The van der Waals surface area contributed by atoms with Crippen molar-refractivity contribution in [2.75, 3.05) is 32.8 Å². The lowest BCUT2D eigenvalue weighted by molar-refractivity contribution is -0.909. The van der Waals surface area contributed by atoms with E-state index in [0.29, 0.717) is 25.8 Å². The Morgan fingerprint density at radius 3 is 2.42 bits per heavy atom. The smallest absolute Gasteiger partial charge is 0.244 e. The summed E-state index contributed by atoms with van der Waals surface area (Å²) in [5.74, 6) is -1.93. The van der Waals surface area contributed by atoms with Crippen LogP contribution < -0.4 is 9.62 Å². The molecule has 8 heteroatoms. The number of hydrogen-bond acceptors (Lipinski definition) is 3. The van der Waals surface area contributed by atoms with E-state index in [9.17, 15) is 17.2 Å². The molecule has 1 saturated heterocycles. The molecule has 1 atom stereocenters. The van der Waals surface area contributed by atoms with Gasteiger partial charge >= 0.3 is 0 Å². The number of halogens is 2. The van der Waals surface area contributed by atoms with Gasteiger partial charge in [-0.2, -0.15) is 4.72 Å². The standard InChI is InChI=1S/C18H20F2N2O3S/c19-15-6-7-18(16(20)12-15)26(23,24)21-17(14-4-2-1-3-5-14)13-22-8-10-25-11-9-22/h1-7,12,17,21H,8-11,13H2/p+1/t17-/m0/s1. The van der Waals surface area contributed by atoms with Crippen LogP contribution in [0.3, 0.4) is 0 Å². The monoisotopic (exact) mass is 383 g/mol. The third kappa shape index (κ3) is 4.64. The summed E-state index contributed by atoms with van der Waals surface area (Å²) in [6.07, 6.45) is 0. The summed E-state index contributed by atoms with van der Waals surface area (Å²) in [6, 6.07) is 11.1. The molecular formula is C18H21F2N2O3S+. The maximum atomic E-state index is 14.0. The first kappa shape index (κ1) is 18.9. The molecule has 0 radical (unpaired) electrons.